The first kappa shape index (κ1) is 35.3. The van der Waals surface area contributed by atoms with Gasteiger partial charge in [0.05, 0.1) is 27.8 Å². The van der Waals surface area contributed by atoms with Crippen molar-refractivity contribution < 1.29 is 4.42 Å². The Labute approximate surface area is 370 Å². The third-order valence-corrected chi connectivity index (χ3v) is 14.1. The van der Waals surface area contributed by atoms with Crippen LogP contribution in [0.3, 0.4) is 0 Å². The molecule has 1 aliphatic rings. The van der Waals surface area contributed by atoms with E-state index in [-0.39, 0.29) is 0 Å². The molecule has 1 unspecified atom stereocenters. The summed E-state index contributed by atoms with van der Waals surface area (Å²) in [5, 5.41) is 13.2. The van der Waals surface area contributed by atoms with Crippen LogP contribution >= 0.6 is 11.3 Å². The zero-order chi connectivity index (χ0) is 41.9. The molecule has 300 valence electrons. The zero-order valence-corrected chi connectivity index (χ0v) is 35.1. The Morgan fingerprint density at radius 3 is 1.83 bits per heavy atom. The number of amidine groups is 2. The number of hydrogen-bond acceptors (Lipinski definition) is 5. The van der Waals surface area contributed by atoms with E-state index in [9.17, 15) is 0 Å². The average molecular weight is 838 g/mol. The Hall–Kier alpha value is -8.26. The zero-order valence-electron chi connectivity index (χ0n) is 34.2. The van der Waals surface area contributed by atoms with E-state index in [0.717, 1.165) is 66.9 Å². The highest BCUT2D eigenvalue weighted by molar-refractivity contribution is 7.27. The molecule has 1 N–H and O–H groups in total. The summed E-state index contributed by atoms with van der Waals surface area (Å²) in [5.74, 6) is 1.46. The normalized spacial score (nSPS) is 14.4. The summed E-state index contributed by atoms with van der Waals surface area (Å²) in [4.78, 5) is 10.5. The van der Waals surface area contributed by atoms with Gasteiger partial charge >= 0.3 is 0 Å². The highest BCUT2D eigenvalue weighted by atomic mass is 32.1. The predicted octanol–water partition coefficient (Wildman–Crippen LogP) is 14.6. The molecule has 0 fully saturated rings. The fourth-order valence-corrected chi connectivity index (χ4v) is 11.6. The van der Waals surface area contributed by atoms with Crippen molar-refractivity contribution in [3.05, 3.63) is 217 Å². The van der Waals surface area contributed by atoms with E-state index in [1.54, 1.807) is 0 Å². The van der Waals surface area contributed by atoms with Crippen molar-refractivity contribution >= 4 is 109 Å². The Morgan fingerprint density at radius 1 is 0.484 bits per heavy atom. The lowest BCUT2D eigenvalue weighted by molar-refractivity contribution is 0.660. The topological polar surface area (TPSA) is 59.8 Å². The van der Waals surface area contributed by atoms with Crippen LogP contribution in [0.1, 0.15) is 22.9 Å². The van der Waals surface area contributed by atoms with Gasteiger partial charge < -0.3 is 18.9 Å². The minimum atomic E-state index is -0.452. The quantitative estimate of drug-likeness (QED) is 0.188. The van der Waals surface area contributed by atoms with Gasteiger partial charge in [-0.1, -0.05) is 158 Å². The molecule has 0 aliphatic carbocycles. The Kier molecular flexibility index (Phi) is 7.52. The maximum atomic E-state index is 7.14. The van der Waals surface area contributed by atoms with Crippen LogP contribution < -0.4 is 5.32 Å². The SMILES string of the molecule is c1ccc(C2=NC(c3ccc(-n4c5ccccc5c5c6sc7ccccc7c6c6c(c7ccccc7n6-c6ccccc6)c54)c4oc5ccccc5c34)NC(c3ccccc3)=N2)cc1. The Bertz CT molecular complexity index is 4100. The van der Waals surface area contributed by atoms with Crippen LogP contribution in [-0.4, -0.2) is 20.8 Å². The summed E-state index contributed by atoms with van der Waals surface area (Å²) in [7, 11) is 0. The number of thiophene rings is 1. The second kappa shape index (κ2) is 13.6. The molecule has 14 rings (SSSR count). The number of furan rings is 1. The monoisotopic (exact) mass is 837 g/mol. The summed E-state index contributed by atoms with van der Waals surface area (Å²) in [6.07, 6.45) is -0.452. The van der Waals surface area contributed by atoms with Crippen molar-refractivity contribution in [2.24, 2.45) is 9.98 Å². The maximum absolute atomic E-state index is 7.14. The van der Waals surface area contributed by atoms with Gasteiger partial charge in [-0.15, -0.1) is 11.3 Å². The van der Waals surface area contributed by atoms with Crippen molar-refractivity contribution in [1.82, 2.24) is 14.5 Å². The van der Waals surface area contributed by atoms with Crippen LogP contribution in [0.25, 0.3) is 97.1 Å². The number of hydrogen-bond donors (Lipinski definition) is 1. The molecule has 1 atom stereocenters. The lowest BCUT2D eigenvalue weighted by Crippen LogP contribution is -2.33. The first-order valence-electron chi connectivity index (χ1n) is 21.6. The molecule has 1 aliphatic heterocycles. The molecule has 0 saturated carbocycles. The van der Waals surface area contributed by atoms with Gasteiger partial charge in [-0.3, -0.25) is 0 Å². The van der Waals surface area contributed by atoms with Gasteiger partial charge in [0.15, 0.2) is 11.4 Å². The fraction of sp³-hybridized carbons (Fsp3) is 0.0175. The van der Waals surface area contributed by atoms with E-state index in [1.165, 1.54) is 52.8 Å². The van der Waals surface area contributed by atoms with E-state index in [4.69, 9.17) is 14.4 Å². The highest BCUT2D eigenvalue weighted by Gasteiger charge is 2.30. The standard InChI is InChI=1S/C57H35N5OS/c1-4-18-34(19-5-1)55-58-56(35-20-6-2-7-21-35)60-57(59-55)41-32-33-44(53-47(41)39-26-12-16-30-45(39)63-53)62-43-29-15-11-25-38(43)49-52(62)48-37-24-10-14-28-42(37)61(36-22-8-3-9-23-36)51(48)50-40-27-13-17-31-46(40)64-54(49)50/h1-33,57H,(H,58,59,60). The molecule has 0 amide bonds. The number of aromatic nitrogens is 2. The van der Waals surface area contributed by atoms with Crippen LogP contribution in [0.5, 0.6) is 0 Å². The molecule has 6 nitrogen and oxygen atoms in total. The number of rotatable bonds is 5. The Morgan fingerprint density at radius 2 is 1.06 bits per heavy atom. The molecule has 0 spiro atoms. The van der Waals surface area contributed by atoms with E-state index < -0.39 is 6.17 Å². The first-order chi connectivity index (χ1) is 31.8. The second-order valence-electron chi connectivity index (χ2n) is 16.5. The van der Waals surface area contributed by atoms with Crippen molar-refractivity contribution in [1.29, 1.82) is 0 Å². The minimum Gasteiger partial charge on any atom is -0.454 e. The number of nitrogens with one attached hydrogen (secondary N) is 1. The molecule has 0 radical (unpaired) electrons. The van der Waals surface area contributed by atoms with Crippen molar-refractivity contribution in [3.8, 4) is 11.4 Å². The highest BCUT2D eigenvalue weighted by Crippen LogP contribution is 2.52. The van der Waals surface area contributed by atoms with Crippen molar-refractivity contribution in [2.45, 2.75) is 6.17 Å². The molecule has 64 heavy (non-hydrogen) atoms. The van der Waals surface area contributed by atoms with Gasteiger partial charge in [0.1, 0.15) is 17.6 Å². The summed E-state index contributed by atoms with van der Waals surface area (Å²) in [6, 6.07) is 70.9. The molecule has 0 saturated heterocycles. The van der Waals surface area contributed by atoms with E-state index in [2.05, 4.69) is 178 Å². The molecular formula is C57H35N5OS. The second-order valence-corrected chi connectivity index (χ2v) is 17.5. The minimum absolute atomic E-state index is 0.452. The smallest absolute Gasteiger partial charge is 0.159 e. The summed E-state index contributed by atoms with van der Waals surface area (Å²) in [5.41, 5.74) is 11.4. The van der Waals surface area contributed by atoms with E-state index in [1.807, 2.05) is 47.7 Å². The predicted molar refractivity (Wildman–Crippen MR) is 267 cm³/mol. The van der Waals surface area contributed by atoms with Gasteiger partial charge in [-0.2, -0.15) is 0 Å². The fourth-order valence-electron chi connectivity index (χ4n) is 10.3. The molecule has 9 aromatic carbocycles. The van der Waals surface area contributed by atoms with Crippen molar-refractivity contribution in [3.63, 3.8) is 0 Å². The van der Waals surface area contributed by atoms with Crippen LogP contribution in [0.15, 0.2) is 215 Å². The van der Waals surface area contributed by atoms with Gasteiger partial charge in [-0.25, -0.2) is 9.98 Å². The largest absolute Gasteiger partial charge is 0.454 e. The number of nitrogens with zero attached hydrogens (tertiary/aromatic N) is 4. The molecule has 13 aromatic rings. The molecule has 7 heteroatoms. The average Bonchev–Trinajstić information content (AvgIpc) is 4.13. The number of fused-ring (bicyclic) bond motifs is 15. The number of para-hydroxylation sites is 4. The first-order valence-corrected chi connectivity index (χ1v) is 22.4. The van der Waals surface area contributed by atoms with Gasteiger partial charge in [0.2, 0.25) is 0 Å². The van der Waals surface area contributed by atoms with Gasteiger partial charge in [0, 0.05) is 74.9 Å². The third-order valence-electron chi connectivity index (χ3n) is 13.0. The van der Waals surface area contributed by atoms with E-state index >= 15 is 0 Å². The number of benzene rings is 9. The molecular weight excluding hydrogens is 803 g/mol. The third kappa shape index (κ3) is 5.01. The van der Waals surface area contributed by atoms with Crippen LogP contribution in [0, 0.1) is 0 Å². The van der Waals surface area contributed by atoms with Gasteiger partial charge in [0.25, 0.3) is 0 Å². The van der Waals surface area contributed by atoms with E-state index in [0.29, 0.717) is 5.84 Å². The van der Waals surface area contributed by atoms with Crippen LogP contribution in [0.2, 0.25) is 0 Å². The van der Waals surface area contributed by atoms with Gasteiger partial charge in [-0.05, 0) is 42.5 Å². The summed E-state index contributed by atoms with van der Waals surface area (Å²) in [6.45, 7) is 0. The molecule has 0 bridgehead atoms. The van der Waals surface area contributed by atoms with Crippen LogP contribution in [-0.2, 0) is 0 Å². The Balaban J connectivity index is 1.13. The summed E-state index contributed by atoms with van der Waals surface area (Å²) < 4.78 is 14.7. The number of aliphatic imine (C=N–C) groups is 2. The molecule has 5 heterocycles. The summed E-state index contributed by atoms with van der Waals surface area (Å²) >= 11 is 1.88. The maximum Gasteiger partial charge on any atom is 0.159 e. The van der Waals surface area contributed by atoms with Crippen LogP contribution in [0.4, 0.5) is 0 Å². The lowest BCUT2D eigenvalue weighted by Gasteiger charge is -2.24. The lowest BCUT2D eigenvalue weighted by atomic mass is 10.0. The molecule has 4 aromatic heterocycles. The van der Waals surface area contributed by atoms with Crippen molar-refractivity contribution in [2.75, 3.05) is 0 Å².